The van der Waals surface area contributed by atoms with Crippen LogP contribution in [0.2, 0.25) is 5.02 Å². The third-order valence-electron chi connectivity index (χ3n) is 6.24. The minimum absolute atomic E-state index is 0.00711. The van der Waals surface area contributed by atoms with Gasteiger partial charge in [-0.3, -0.25) is 14.5 Å². The van der Waals surface area contributed by atoms with Gasteiger partial charge in [-0.25, -0.2) is 0 Å². The summed E-state index contributed by atoms with van der Waals surface area (Å²) in [5.74, 6) is -1.96. The Morgan fingerprint density at radius 3 is 2.35 bits per heavy atom. The standard InChI is InChI=1S/C28H26ClNO7/c1-5-37-23-12-16(6-8-21(23)32)25-24(26(33)18-10-15(3)22(36-4)11-14(18)2)27(34)28(35)30(25)19-13-17(29)7-9-20(19)31/h6-13,25,31-33H,5H2,1-4H3/b26-24+. The monoisotopic (exact) mass is 523 g/mol. The number of phenols is 2. The molecule has 37 heavy (non-hydrogen) atoms. The SMILES string of the molecule is CCOc1cc(C2/C(=C(\O)c3cc(C)c(OC)cc3C)C(=O)C(=O)N2c2cc(Cl)ccc2O)ccc1O. The Bertz CT molecular complexity index is 1450. The number of ether oxygens (including phenoxy) is 2. The van der Waals surface area contributed by atoms with Crippen LogP contribution in [0.3, 0.4) is 0 Å². The molecule has 1 amide bonds. The number of hydrogen-bond donors (Lipinski definition) is 3. The molecule has 0 aromatic heterocycles. The number of halogens is 1. The fraction of sp³-hybridized carbons (Fsp3) is 0.214. The average Bonchev–Trinajstić information content (AvgIpc) is 3.13. The normalized spacial score (nSPS) is 16.8. The Hall–Kier alpha value is -4.17. The van der Waals surface area contributed by atoms with Crippen molar-refractivity contribution in [1.82, 2.24) is 0 Å². The molecule has 1 atom stereocenters. The second kappa shape index (κ2) is 10.1. The van der Waals surface area contributed by atoms with Gasteiger partial charge in [0.05, 0.1) is 31.0 Å². The maximum atomic E-state index is 13.5. The molecule has 0 radical (unpaired) electrons. The van der Waals surface area contributed by atoms with Gasteiger partial charge in [0.25, 0.3) is 11.7 Å². The first-order valence-electron chi connectivity index (χ1n) is 11.5. The zero-order valence-electron chi connectivity index (χ0n) is 20.7. The molecule has 8 nitrogen and oxygen atoms in total. The van der Waals surface area contributed by atoms with Gasteiger partial charge in [-0.1, -0.05) is 17.7 Å². The molecule has 1 aliphatic rings. The van der Waals surface area contributed by atoms with Crippen LogP contribution in [0.15, 0.2) is 54.1 Å². The van der Waals surface area contributed by atoms with Gasteiger partial charge in [0.15, 0.2) is 11.5 Å². The number of methoxy groups -OCH3 is 1. The molecule has 3 aromatic carbocycles. The van der Waals surface area contributed by atoms with Crippen molar-refractivity contribution in [2.45, 2.75) is 26.8 Å². The van der Waals surface area contributed by atoms with E-state index < -0.39 is 17.7 Å². The Morgan fingerprint density at radius 2 is 1.68 bits per heavy atom. The van der Waals surface area contributed by atoms with Crippen LogP contribution in [0.4, 0.5) is 5.69 Å². The van der Waals surface area contributed by atoms with E-state index in [9.17, 15) is 24.9 Å². The van der Waals surface area contributed by atoms with Crippen molar-refractivity contribution < 1.29 is 34.4 Å². The topological polar surface area (TPSA) is 117 Å². The zero-order valence-corrected chi connectivity index (χ0v) is 21.5. The number of benzene rings is 3. The predicted molar refractivity (Wildman–Crippen MR) is 140 cm³/mol. The van der Waals surface area contributed by atoms with Gasteiger partial charge in [0.2, 0.25) is 0 Å². The lowest BCUT2D eigenvalue weighted by Gasteiger charge is -2.26. The van der Waals surface area contributed by atoms with Gasteiger partial charge >= 0.3 is 0 Å². The number of phenolic OH excluding ortho intramolecular Hbond substituents is 2. The fourth-order valence-electron chi connectivity index (χ4n) is 4.47. The second-order valence-corrected chi connectivity index (χ2v) is 9.04. The first-order chi connectivity index (χ1) is 17.6. The van der Waals surface area contributed by atoms with Crippen molar-refractivity contribution >= 4 is 34.7 Å². The lowest BCUT2D eigenvalue weighted by Crippen LogP contribution is -2.29. The Balaban J connectivity index is 2.02. The van der Waals surface area contributed by atoms with Crippen LogP contribution in [-0.2, 0) is 9.59 Å². The molecule has 9 heteroatoms. The lowest BCUT2D eigenvalue weighted by molar-refractivity contribution is -0.132. The third kappa shape index (κ3) is 4.56. The van der Waals surface area contributed by atoms with Crippen molar-refractivity contribution in [3.05, 3.63) is 81.4 Å². The molecule has 3 N–H and O–H groups in total. The molecule has 0 bridgehead atoms. The number of aromatic hydroxyl groups is 2. The van der Waals surface area contributed by atoms with E-state index in [2.05, 4.69) is 0 Å². The summed E-state index contributed by atoms with van der Waals surface area (Å²) in [6.07, 6.45) is 0. The number of nitrogens with zero attached hydrogens (tertiary/aromatic N) is 1. The first-order valence-corrected chi connectivity index (χ1v) is 11.9. The highest BCUT2D eigenvalue weighted by Crippen LogP contribution is 2.47. The summed E-state index contributed by atoms with van der Waals surface area (Å²) in [7, 11) is 1.53. The number of carbonyl (C=O) groups excluding carboxylic acids is 2. The molecule has 1 aliphatic heterocycles. The Morgan fingerprint density at radius 1 is 0.973 bits per heavy atom. The minimum Gasteiger partial charge on any atom is -0.507 e. The van der Waals surface area contributed by atoms with Crippen LogP contribution in [0.25, 0.3) is 5.76 Å². The van der Waals surface area contributed by atoms with Gasteiger partial charge in [0, 0.05) is 10.6 Å². The fourth-order valence-corrected chi connectivity index (χ4v) is 4.63. The molecule has 1 fully saturated rings. The van der Waals surface area contributed by atoms with E-state index in [-0.39, 0.29) is 45.9 Å². The van der Waals surface area contributed by atoms with Crippen molar-refractivity contribution in [2.24, 2.45) is 0 Å². The summed E-state index contributed by atoms with van der Waals surface area (Å²) in [4.78, 5) is 27.9. The molecule has 3 aromatic rings. The number of hydrogen-bond acceptors (Lipinski definition) is 7. The maximum Gasteiger partial charge on any atom is 0.300 e. The van der Waals surface area contributed by atoms with Crippen LogP contribution in [0.5, 0.6) is 23.0 Å². The number of anilines is 1. The van der Waals surface area contributed by atoms with E-state index in [1.54, 1.807) is 32.9 Å². The van der Waals surface area contributed by atoms with Crippen LogP contribution in [-0.4, -0.2) is 40.7 Å². The Labute approximate surface area is 218 Å². The summed E-state index contributed by atoms with van der Waals surface area (Å²) >= 11 is 6.16. The molecule has 0 aliphatic carbocycles. The minimum atomic E-state index is -1.16. The van der Waals surface area contributed by atoms with Gasteiger partial charge < -0.3 is 24.8 Å². The summed E-state index contributed by atoms with van der Waals surface area (Å²) < 4.78 is 10.9. The molecular formula is C28H26ClNO7. The van der Waals surface area contributed by atoms with Gasteiger partial charge in [0.1, 0.15) is 17.3 Å². The molecule has 1 heterocycles. The smallest absolute Gasteiger partial charge is 0.300 e. The van der Waals surface area contributed by atoms with Crippen LogP contribution in [0, 0.1) is 13.8 Å². The highest BCUT2D eigenvalue weighted by atomic mass is 35.5. The van der Waals surface area contributed by atoms with Crippen LogP contribution in [0.1, 0.15) is 35.2 Å². The first kappa shape index (κ1) is 25.9. The highest BCUT2D eigenvalue weighted by Gasteiger charge is 2.48. The van der Waals surface area contributed by atoms with Crippen molar-refractivity contribution in [3.63, 3.8) is 0 Å². The number of aliphatic hydroxyl groups excluding tert-OH is 1. The summed E-state index contributed by atoms with van der Waals surface area (Å²) in [6, 6.07) is 10.7. The maximum absolute atomic E-state index is 13.5. The molecule has 192 valence electrons. The molecule has 1 unspecified atom stereocenters. The molecule has 0 spiro atoms. The zero-order chi connectivity index (χ0) is 27.0. The number of ketones is 1. The van der Waals surface area contributed by atoms with Crippen molar-refractivity contribution in [3.8, 4) is 23.0 Å². The van der Waals surface area contributed by atoms with E-state index in [1.807, 2.05) is 0 Å². The number of aliphatic hydroxyl groups is 1. The van der Waals surface area contributed by atoms with E-state index in [4.69, 9.17) is 21.1 Å². The summed E-state index contributed by atoms with van der Waals surface area (Å²) in [5, 5.41) is 32.6. The van der Waals surface area contributed by atoms with E-state index >= 15 is 0 Å². The van der Waals surface area contributed by atoms with E-state index in [0.717, 1.165) is 10.5 Å². The highest BCUT2D eigenvalue weighted by molar-refractivity contribution is 6.52. The molecular weight excluding hydrogens is 498 g/mol. The predicted octanol–water partition coefficient (Wildman–Crippen LogP) is 5.40. The van der Waals surface area contributed by atoms with Gasteiger partial charge in [-0.05, 0) is 79.9 Å². The van der Waals surface area contributed by atoms with Gasteiger partial charge in [-0.15, -0.1) is 0 Å². The van der Waals surface area contributed by atoms with Crippen molar-refractivity contribution in [2.75, 3.05) is 18.6 Å². The third-order valence-corrected chi connectivity index (χ3v) is 6.47. The summed E-state index contributed by atoms with van der Waals surface area (Å²) in [6.45, 7) is 5.55. The number of amides is 1. The number of rotatable bonds is 6. The average molecular weight is 524 g/mol. The molecule has 0 saturated carbocycles. The Kier molecular flexibility index (Phi) is 7.05. The number of carbonyl (C=O) groups is 2. The van der Waals surface area contributed by atoms with Crippen molar-refractivity contribution in [1.29, 1.82) is 0 Å². The van der Waals surface area contributed by atoms with Crippen LogP contribution < -0.4 is 14.4 Å². The second-order valence-electron chi connectivity index (χ2n) is 8.60. The van der Waals surface area contributed by atoms with Crippen LogP contribution >= 0.6 is 11.6 Å². The number of Topliss-reactive ketones (excluding diaryl/α,β-unsaturated/α-hetero) is 1. The summed E-state index contributed by atoms with van der Waals surface area (Å²) in [5.41, 5.74) is 1.86. The largest absolute Gasteiger partial charge is 0.507 e. The van der Waals surface area contributed by atoms with Gasteiger partial charge in [-0.2, -0.15) is 0 Å². The molecule has 4 rings (SSSR count). The van der Waals surface area contributed by atoms with E-state index in [0.29, 0.717) is 22.4 Å². The lowest BCUT2D eigenvalue weighted by atomic mass is 9.92. The number of aryl methyl sites for hydroxylation is 2. The van der Waals surface area contributed by atoms with E-state index in [1.165, 1.54) is 43.5 Å². The molecule has 1 saturated heterocycles. The quantitative estimate of drug-likeness (QED) is 0.225.